The van der Waals surface area contributed by atoms with E-state index in [1.807, 2.05) is 24.3 Å². The highest BCUT2D eigenvalue weighted by Crippen LogP contribution is 2.61. The molecule has 0 radical (unpaired) electrons. The fourth-order valence-corrected chi connectivity index (χ4v) is 5.84. The number of thiazole rings is 1. The molecule has 3 aliphatic carbocycles. The highest BCUT2D eigenvalue weighted by Gasteiger charge is 2.62. The van der Waals surface area contributed by atoms with Crippen molar-refractivity contribution in [2.45, 2.75) is 11.8 Å². The quantitative estimate of drug-likeness (QED) is 0.625. The Balaban J connectivity index is 1.62. The molecule has 2 aromatic carbocycles. The number of hydrogen-bond donors (Lipinski definition) is 0. The fraction of sp³-hybridized carbons (Fsp3) is 0.190. The lowest BCUT2D eigenvalue weighted by molar-refractivity contribution is -0.122. The van der Waals surface area contributed by atoms with Crippen LogP contribution in [-0.4, -0.2) is 16.8 Å². The van der Waals surface area contributed by atoms with E-state index in [4.69, 9.17) is 0 Å². The Hall–Kier alpha value is -2.79. The summed E-state index contributed by atoms with van der Waals surface area (Å²) in [5.74, 6) is -0.983. The maximum atomic E-state index is 13.3. The van der Waals surface area contributed by atoms with Crippen molar-refractivity contribution >= 4 is 28.3 Å². The molecule has 2 heterocycles. The number of benzene rings is 2. The predicted octanol–water partition coefficient (Wildman–Crippen LogP) is 3.54. The number of imide groups is 1. The number of aromatic nitrogens is 1. The van der Waals surface area contributed by atoms with E-state index in [9.17, 15) is 9.59 Å². The number of amides is 2. The molecule has 1 aliphatic heterocycles. The standard InChI is InChI=1S/C21H14N2O2S/c24-19-17-15-11-5-1-2-6-12(11)16(14-8-4-3-7-13(14)15)18(17)20(25)23(19)21-22-9-10-26-21/h1-10,15-18H/t15?,16?,17-,18-/m0/s1. The second-order valence-corrected chi connectivity index (χ2v) is 7.96. The van der Waals surface area contributed by atoms with Crippen molar-refractivity contribution in [2.24, 2.45) is 11.8 Å². The van der Waals surface area contributed by atoms with Crippen LogP contribution in [0.2, 0.25) is 0 Å². The third-order valence-electron chi connectivity index (χ3n) is 6.06. The average molecular weight is 358 g/mol. The molecule has 0 N–H and O–H groups in total. The summed E-state index contributed by atoms with van der Waals surface area (Å²) in [7, 11) is 0. The molecule has 2 amide bonds. The second-order valence-electron chi connectivity index (χ2n) is 7.09. The lowest BCUT2D eigenvalue weighted by Crippen LogP contribution is -2.41. The summed E-state index contributed by atoms with van der Waals surface area (Å²) in [6.45, 7) is 0. The highest BCUT2D eigenvalue weighted by molar-refractivity contribution is 7.14. The van der Waals surface area contributed by atoms with Crippen molar-refractivity contribution in [3.8, 4) is 0 Å². The van der Waals surface area contributed by atoms with Gasteiger partial charge in [-0.15, -0.1) is 11.3 Å². The van der Waals surface area contributed by atoms with Crippen molar-refractivity contribution in [2.75, 3.05) is 4.90 Å². The third kappa shape index (κ3) is 1.57. The van der Waals surface area contributed by atoms with Crippen molar-refractivity contribution in [1.29, 1.82) is 0 Å². The van der Waals surface area contributed by atoms with Crippen LogP contribution in [0.3, 0.4) is 0 Å². The van der Waals surface area contributed by atoms with Gasteiger partial charge in [-0.2, -0.15) is 0 Å². The van der Waals surface area contributed by atoms with Crippen molar-refractivity contribution < 1.29 is 9.59 Å². The molecule has 2 atom stereocenters. The van der Waals surface area contributed by atoms with Gasteiger partial charge in [0.25, 0.3) is 0 Å². The van der Waals surface area contributed by atoms with Crippen LogP contribution in [0, 0.1) is 11.8 Å². The van der Waals surface area contributed by atoms with E-state index in [2.05, 4.69) is 29.2 Å². The van der Waals surface area contributed by atoms with E-state index in [1.54, 1.807) is 11.6 Å². The molecule has 1 fully saturated rings. The molecular formula is C21H14N2O2S. The first-order valence-electron chi connectivity index (χ1n) is 8.72. The molecule has 0 spiro atoms. The third-order valence-corrected chi connectivity index (χ3v) is 6.82. The van der Waals surface area contributed by atoms with Crippen LogP contribution in [-0.2, 0) is 9.59 Å². The van der Waals surface area contributed by atoms with Crippen LogP contribution in [0.4, 0.5) is 5.13 Å². The van der Waals surface area contributed by atoms with E-state index in [0.717, 1.165) is 0 Å². The molecule has 1 aromatic heterocycles. The SMILES string of the molecule is O=C1[C@H]2C3c4ccccc4C(c4ccccc43)[C@@H]2C(=O)N1c1nccs1. The molecule has 7 rings (SSSR count). The summed E-state index contributed by atoms with van der Waals surface area (Å²) < 4.78 is 0. The topological polar surface area (TPSA) is 50.3 Å². The summed E-state index contributed by atoms with van der Waals surface area (Å²) in [6.07, 6.45) is 1.64. The van der Waals surface area contributed by atoms with E-state index >= 15 is 0 Å². The molecule has 0 saturated carbocycles. The first-order chi connectivity index (χ1) is 12.8. The first kappa shape index (κ1) is 14.4. The van der Waals surface area contributed by atoms with Gasteiger partial charge in [-0.25, -0.2) is 9.88 Å². The van der Waals surface area contributed by atoms with Crippen molar-refractivity contribution in [3.63, 3.8) is 0 Å². The number of nitrogens with zero attached hydrogens (tertiary/aromatic N) is 2. The number of carbonyl (C=O) groups excluding carboxylic acids is 2. The zero-order valence-corrected chi connectivity index (χ0v) is 14.5. The second kappa shape index (κ2) is 4.89. The lowest BCUT2D eigenvalue weighted by Gasteiger charge is -2.45. The van der Waals surface area contributed by atoms with Crippen LogP contribution < -0.4 is 4.90 Å². The summed E-state index contributed by atoms with van der Waals surface area (Å²) in [4.78, 5) is 32.2. The summed E-state index contributed by atoms with van der Waals surface area (Å²) in [6, 6.07) is 16.6. The largest absolute Gasteiger partial charge is 0.274 e. The first-order valence-corrected chi connectivity index (χ1v) is 9.60. The van der Waals surface area contributed by atoms with Crippen LogP contribution in [0.1, 0.15) is 34.1 Å². The summed E-state index contributed by atoms with van der Waals surface area (Å²) >= 11 is 1.34. The Morgan fingerprint density at radius 1 is 0.769 bits per heavy atom. The monoisotopic (exact) mass is 358 g/mol. The normalized spacial score (nSPS) is 28.1. The summed E-state index contributed by atoms with van der Waals surface area (Å²) in [5, 5.41) is 2.29. The molecule has 4 nitrogen and oxygen atoms in total. The Bertz CT molecular complexity index is 960. The highest BCUT2D eigenvalue weighted by atomic mass is 32.1. The van der Waals surface area contributed by atoms with Gasteiger partial charge in [0.05, 0.1) is 11.8 Å². The Labute approximate surface area is 154 Å². The van der Waals surface area contributed by atoms with Gasteiger partial charge in [0.15, 0.2) is 5.13 Å². The number of hydrogen-bond acceptors (Lipinski definition) is 4. The molecule has 3 aromatic rings. The molecular weight excluding hydrogens is 344 g/mol. The van der Waals surface area contributed by atoms with Gasteiger partial charge in [-0.3, -0.25) is 9.59 Å². The summed E-state index contributed by atoms with van der Waals surface area (Å²) in [5.41, 5.74) is 4.78. The van der Waals surface area contributed by atoms with Gasteiger partial charge >= 0.3 is 0 Å². The van der Waals surface area contributed by atoms with Crippen LogP contribution >= 0.6 is 11.3 Å². The van der Waals surface area contributed by atoms with E-state index < -0.39 is 0 Å². The maximum absolute atomic E-state index is 13.3. The molecule has 26 heavy (non-hydrogen) atoms. The minimum Gasteiger partial charge on any atom is -0.274 e. The Morgan fingerprint density at radius 2 is 1.23 bits per heavy atom. The minimum atomic E-state index is -0.332. The Morgan fingerprint density at radius 3 is 1.62 bits per heavy atom. The van der Waals surface area contributed by atoms with Gasteiger partial charge in [0.2, 0.25) is 11.8 Å². The van der Waals surface area contributed by atoms with Gasteiger partial charge in [-0.05, 0) is 22.3 Å². The van der Waals surface area contributed by atoms with E-state index in [1.165, 1.54) is 38.5 Å². The molecule has 1 saturated heterocycles. The molecule has 0 unspecified atom stereocenters. The van der Waals surface area contributed by atoms with Crippen molar-refractivity contribution in [1.82, 2.24) is 4.98 Å². The minimum absolute atomic E-state index is 0.0567. The zero-order chi connectivity index (χ0) is 17.4. The maximum Gasteiger partial charge on any atom is 0.240 e. The number of anilines is 1. The molecule has 126 valence electrons. The zero-order valence-electron chi connectivity index (χ0n) is 13.7. The van der Waals surface area contributed by atoms with Gasteiger partial charge in [0.1, 0.15) is 0 Å². The van der Waals surface area contributed by atoms with E-state index in [0.29, 0.717) is 5.13 Å². The number of rotatable bonds is 1. The van der Waals surface area contributed by atoms with Gasteiger partial charge in [0, 0.05) is 23.4 Å². The van der Waals surface area contributed by atoms with Gasteiger partial charge < -0.3 is 0 Å². The van der Waals surface area contributed by atoms with Crippen LogP contribution in [0.25, 0.3) is 0 Å². The van der Waals surface area contributed by atoms with E-state index in [-0.39, 0.29) is 35.5 Å². The molecule has 2 bridgehead atoms. The predicted molar refractivity (Wildman–Crippen MR) is 98.2 cm³/mol. The smallest absolute Gasteiger partial charge is 0.240 e. The van der Waals surface area contributed by atoms with Gasteiger partial charge in [-0.1, -0.05) is 48.5 Å². The fourth-order valence-electron chi connectivity index (χ4n) is 5.19. The molecule has 5 heteroatoms. The average Bonchev–Trinajstić information content (AvgIpc) is 3.29. The number of carbonyl (C=O) groups is 2. The Kier molecular flexibility index (Phi) is 2.70. The molecule has 4 aliphatic rings. The lowest BCUT2D eigenvalue weighted by atomic mass is 9.55. The van der Waals surface area contributed by atoms with Crippen LogP contribution in [0.5, 0.6) is 0 Å². The van der Waals surface area contributed by atoms with Crippen molar-refractivity contribution in [3.05, 3.63) is 82.4 Å². The van der Waals surface area contributed by atoms with Crippen LogP contribution in [0.15, 0.2) is 60.1 Å².